The normalized spacial score (nSPS) is 9.64. The number of methoxy groups -OCH3 is 2. The van der Waals surface area contributed by atoms with Gasteiger partial charge in [-0.1, -0.05) is 0 Å². The minimum absolute atomic E-state index is 0.380. The van der Waals surface area contributed by atoms with Gasteiger partial charge in [-0.25, -0.2) is 4.79 Å². The van der Waals surface area contributed by atoms with Crippen molar-refractivity contribution in [2.24, 2.45) is 0 Å². The number of esters is 1. The molecule has 76 valence electrons. The molecule has 0 aliphatic rings. The van der Waals surface area contributed by atoms with Crippen LogP contribution in [0.1, 0.15) is 10.4 Å². The molecule has 0 heterocycles. The number of thioether (sulfide) groups is 1. The van der Waals surface area contributed by atoms with Gasteiger partial charge in [-0.05, 0) is 24.5 Å². The Morgan fingerprint density at radius 2 is 2.07 bits per heavy atom. The number of hydrogen-bond acceptors (Lipinski definition) is 4. The van der Waals surface area contributed by atoms with Crippen molar-refractivity contribution in [3.05, 3.63) is 23.8 Å². The van der Waals surface area contributed by atoms with Gasteiger partial charge < -0.3 is 9.47 Å². The first kappa shape index (κ1) is 10.9. The van der Waals surface area contributed by atoms with Gasteiger partial charge in [0.15, 0.2) is 0 Å². The lowest BCUT2D eigenvalue weighted by molar-refractivity contribution is 0.0597. The van der Waals surface area contributed by atoms with Gasteiger partial charge in [0.1, 0.15) is 11.3 Å². The Hall–Kier alpha value is -1.16. The van der Waals surface area contributed by atoms with Crippen molar-refractivity contribution in [2.45, 2.75) is 4.90 Å². The molecule has 0 aliphatic carbocycles. The maximum absolute atomic E-state index is 11.3. The van der Waals surface area contributed by atoms with Crippen molar-refractivity contribution >= 4 is 17.7 Å². The van der Waals surface area contributed by atoms with Crippen LogP contribution in [0, 0.1) is 0 Å². The highest BCUT2D eigenvalue weighted by atomic mass is 32.2. The Morgan fingerprint density at radius 3 is 2.57 bits per heavy atom. The summed E-state index contributed by atoms with van der Waals surface area (Å²) in [5.74, 6) is 0.165. The Labute approximate surface area is 87.4 Å². The van der Waals surface area contributed by atoms with E-state index in [4.69, 9.17) is 4.74 Å². The van der Waals surface area contributed by atoms with Gasteiger partial charge in [0, 0.05) is 4.90 Å². The summed E-state index contributed by atoms with van der Waals surface area (Å²) in [6, 6.07) is 5.38. The molecule has 0 fully saturated rings. The topological polar surface area (TPSA) is 35.5 Å². The predicted molar refractivity (Wildman–Crippen MR) is 56.1 cm³/mol. The second-order valence-electron chi connectivity index (χ2n) is 2.56. The summed E-state index contributed by atoms with van der Waals surface area (Å²) in [6.45, 7) is 0. The molecule has 4 heteroatoms. The first-order valence-electron chi connectivity index (χ1n) is 4.03. The lowest BCUT2D eigenvalue weighted by atomic mass is 10.2. The molecule has 0 bridgehead atoms. The summed E-state index contributed by atoms with van der Waals surface area (Å²) in [4.78, 5) is 12.3. The number of carbonyl (C=O) groups is 1. The summed E-state index contributed by atoms with van der Waals surface area (Å²) in [5.41, 5.74) is 0.452. The molecule has 3 nitrogen and oxygen atoms in total. The van der Waals surface area contributed by atoms with E-state index in [9.17, 15) is 4.79 Å². The van der Waals surface area contributed by atoms with E-state index in [1.165, 1.54) is 14.2 Å². The predicted octanol–water partition coefficient (Wildman–Crippen LogP) is 2.20. The molecular formula is C10H12O3S. The van der Waals surface area contributed by atoms with Crippen LogP contribution in [-0.2, 0) is 4.74 Å². The van der Waals surface area contributed by atoms with E-state index in [-0.39, 0.29) is 5.97 Å². The van der Waals surface area contributed by atoms with Crippen molar-refractivity contribution in [1.29, 1.82) is 0 Å². The first-order valence-corrected chi connectivity index (χ1v) is 5.25. The minimum atomic E-state index is -0.380. The average Bonchev–Trinajstić information content (AvgIpc) is 2.27. The Bertz CT molecular complexity index is 336. The molecule has 0 atom stereocenters. The lowest BCUT2D eigenvalue weighted by Crippen LogP contribution is -2.03. The van der Waals surface area contributed by atoms with E-state index in [0.717, 1.165) is 4.90 Å². The SMILES string of the molecule is COC(=O)c1ccc(SC)cc1OC. The summed E-state index contributed by atoms with van der Waals surface area (Å²) < 4.78 is 9.72. The van der Waals surface area contributed by atoms with Gasteiger partial charge in [-0.15, -0.1) is 11.8 Å². The van der Waals surface area contributed by atoms with E-state index in [1.54, 1.807) is 17.8 Å². The van der Waals surface area contributed by atoms with Crippen molar-refractivity contribution in [3.63, 3.8) is 0 Å². The fraction of sp³-hybridized carbons (Fsp3) is 0.300. The zero-order valence-corrected chi connectivity index (χ0v) is 9.18. The van der Waals surface area contributed by atoms with Crippen molar-refractivity contribution in [2.75, 3.05) is 20.5 Å². The summed E-state index contributed by atoms with van der Waals surface area (Å²) in [7, 11) is 2.89. The van der Waals surface area contributed by atoms with Crippen LogP contribution in [0.3, 0.4) is 0 Å². The van der Waals surface area contributed by atoms with Crippen LogP contribution in [0.25, 0.3) is 0 Å². The Morgan fingerprint density at radius 1 is 1.36 bits per heavy atom. The zero-order chi connectivity index (χ0) is 10.6. The Balaban J connectivity index is 3.11. The third kappa shape index (κ3) is 2.20. The fourth-order valence-corrected chi connectivity index (χ4v) is 1.51. The van der Waals surface area contributed by atoms with E-state index in [0.29, 0.717) is 11.3 Å². The third-order valence-corrected chi connectivity index (χ3v) is 2.54. The molecule has 0 saturated heterocycles. The quantitative estimate of drug-likeness (QED) is 0.568. The van der Waals surface area contributed by atoms with Gasteiger partial charge in [-0.3, -0.25) is 0 Å². The summed E-state index contributed by atoms with van der Waals surface area (Å²) >= 11 is 1.59. The van der Waals surface area contributed by atoms with Crippen molar-refractivity contribution in [3.8, 4) is 5.75 Å². The van der Waals surface area contributed by atoms with Crippen molar-refractivity contribution < 1.29 is 14.3 Å². The number of rotatable bonds is 3. The van der Waals surface area contributed by atoms with E-state index < -0.39 is 0 Å². The van der Waals surface area contributed by atoms with Crippen LogP contribution in [0.4, 0.5) is 0 Å². The summed E-state index contributed by atoms with van der Waals surface area (Å²) in [5, 5.41) is 0. The molecule has 0 saturated carbocycles. The van der Waals surface area contributed by atoms with Crippen LogP contribution in [0.5, 0.6) is 5.75 Å². The molecule has 0 unspecified atom stereocenters. The fourth-order valence-electron chi connectivity index (χ4n) is 1.08. The molecular weight excluding hydrogens is 200 g/mol. The molecule has 0 radical (unpaired) electrons. The zero-order valence-electron chi connectivity index (χ0n) is 8.37. The second-order valence-corrected chi connectivity index (χ2v) is 3.44. The number of benzene rings is 1. The van der Waals surface area contributed by atoms with E-state index in [2.05, 4.69) is 4.74 Å². The molecule has 0 aliphatic heterocycles. The van der Waals surface area contributed by atoms with Gasteiger partial charge in [0.2, 0.25) is 0 Å². The van der Waals surface area contributed by atoms with Crippen LogP contribution in [0.15, 0.2) is 23.1 Å². The third-order valence-electron chi connectivity index (χ3n) is 1.81. The molecule has 0 spiro atoms. The van der Waals surface area contributed by atoms with Crippen LogP contribution < -0.4 is 4.74 Å². The van der Waals surface area contributed by atoms with Gasteiger partial charge in [0.05, 0.1) is 14.2 Å². The molecule has 1 aromatic rings. The average molecular weight is 212 g/mol. The van der Waals surface area contributed by atoms with Crippen LogP contribution in [-0.4, -0.2) is 26.4 Å². The number of ether oxygens (including phenoxy) is 2. The highest BCUT2D eigenvalue weighted by Gasteiger charge is 2.12. The monoisotopic (exact) mass is 212 g/mol. The number of carbonyl (C=O) groups excluding carboxylic acids is 1. The lowest BCUT2D eigenvalue weighted by Gasteiger charge is -2.07. The van der Waals surface area contributed by atoms with Crippen LogP contribution in [0.2, 0.25) is 0 Å². The smallest absolute Gasteiger partial charge is 0.341 e. The molecule has 0 aromatic heterocycles. The van der Waals surface area contributed by atoms with Crippen molar-refractivity contribution in [1.82, 2.24) is 0 Å². The van der Waals surface area contributed by atoms with Gasteiger partial charge >= 0.3 is 5.97 Å². The van der Waals surface area contributed by atoms with Gasteiger partial charge in [0.25, 0.3) is 0 Å². The van der Waals surface area contributed by atoms with E-state index in [1.807, 2.05) is 18.4 Å². The highest BCUT2D eigenvalue weighted by molar-refractivity contribution is 7.98. The highest BCUT2D eigenvalue weighted by Crippen LogP contribution is 2.25. The summed E-state index contributed by atoms with van der Waals surface area (Å²) in [6.07, 6.45) is 1.96. The number of hydrogen-bond donors (Lipinski definition) is 0. The maximum Gasteiger partial charge on any atom is 0.341 e. The minimum Gasteiger partial charge on any atom is -0.496 e. The second kappa shape index (κ2) is 4.91. The van der Waals surface area contributed by atoms with E-state index >= 15 is 0 Å². The van der Waals surface area contributed by atoms with Crippen LogP contribution >= 0.6 is 11.8 Å². The molecule has 1 aromatic carbocycles. The molecule has 0 amide bonds. The largest absolute Gasteiger partial charge is 0.496 e. The molecule has 1 rings (SSSR count). The standard InChI is InChI=1S/C10H12O3S/c1-12-9-6-7(14-3)4-5-8(9)10(11)13-2/h4-6H,1-3H3. The van der Waals surface area contributed by atoms with Gasteiger partial charge in [-0.2, -0.15) is 0 Å². The Kier molecular flexibility index (Phi) is 3.83. The molecule has 14 heavy (non-hydrogen) atoms. The maximum atomic E-state index is 11.3. The molecule has 0 N–H and O–H groups in total. The first-order chi connectivity index (χ1) is 6.72.